The largest absolute Gasteiger partial charge is 0.444 e. The Balaban J connectivity index is 0.000000219. The molecule has 0 radical (unpaired) electrons. The molecule has 1 unspecified atom stereocenters. The third-order valence-corrected chi connectivity index (χ3v) is 5.45. The zero-order chi connectivity index (χ0) is 23.1. The number of alkyl carbamates (subject to hydrolysis) is 1. The molecule has 1 N–H and O–H groups in total. The van der Waals surface area contributed by atoms with E-state index in [4.69, 9.17) is 9.26 Å². The van der Waals surface area contributed by atoms with Crippen LogP contribution in [0.1, 0.15) is 83.4 Å². The van der Waals surface area contributed by atoms with Crippen LogP contribution in [0.5, 0.6) is 0 Å². The first kappa shape index (κ1) is 23.8. The van der Waals surface area contributed by atoms with Crippen molar-refractivity contribution < 1.29 is 18.6 Å². The Morgan fingerprint density at radius 2 is 1.72 bits per heavy atom. The molecule has 0 bridgehead atoms. The van der Waals surface area contributed by atoms with Crippen LogP contribution in [0.25, 0.3) is 0 Å². The Bertz CT molecular complexity index is 995. The SMILES string of the molecule is CC(C)(C)OC(=O)NCCC1CCCCc2noc(=O)n21.O=c1onc2n1CCCCC2. The van der Waals surface area contributed by atoms with E-state index in [1.807, 2.05) is 20.8 Å². The van der Waals surface area contributed by atoms with E-state index in [2.05, 4.69) is 20.2 Å². The van der Waals surface area contributed by atoms with Gasteiger partial charge in [0, 0.05) is 32.0 Å². The number of fused-ring (bicyclic) bond motifs is 2. The summed E-state index contributed by atoms with van der Waals surface area (Å²) < 4.78 is 17.7. The van der Waals surface area contributed by atoms with E-state index in [9.17, 15) is 14.4 Å². The van der Waals surface area contributed by atoms with Crippen molar-refractivity contribution in [2.24, 2.45) is 0 Å². The molecule has 11 nitrogen and oxygen atoms in total. The van der Waals surface area contributed by atoms with Gasteiger partial charge in [0.25, 0.3) is 0 Å². The van der Waals surface area contributed by atoms with Gasteiger partial charge in [-0.2, -0.15) is 0 Å². The van der Waals surface area contributed by atoms with Gasteiger partial charge in [0.1, 0.15) is 5.60 Å². The minimum absolute atomic E-state index is 0.0242. The normalized spacial score (nSPS) is 18.3. The number of aryl methyl sites for hydroxylation is 2. The standard InChI is InChI=1S/C14H23N3O4.C7H10N2O2/c1-14(2,3)20-12(18)15-9-8-10-6-4-5-7-11-16-21-13(19)17(10)11;10-7-9-5-3-1-2-4-6(9)8-11-7/h10H,4-9H2,1-3H3,(H,15,18);1-5H2. The van der Waals surface area contributed by atoms with Gasteiger partial charge >= 0.3 is 17.6 Å². The van der Waals surface area contributed by atoms with Gasteiger partial charge in [0.2, 0.25) is 0 Å². The molecule has 4 heterocycles. The Kier molecular flexibility index (Phi) is 7.92. The first-order valence-corrected chi connectivity index (χ1v) is 11.3. The van der Waals surface area contributed by atoms with E-state index in [-0.39, 0.29) is 11.8 Å². The number of nitrogens with one attached hydrogen (secondary N) is 1. The summed E-state index contributed by atoms with van der Waals surface area (Å²) in [5, 5.41) is 10.2. The highest BCUT2D eigenvalue weighted by atomic mass is 16.6. The molecule has 4 rings (SSSR count). The molecule has 11 heteroatoms. The number of aromatic nitrogens is 4. The minimum atomic E-state index is -0.509. The summed E-state index contributed by atoms with van der Waals surface area (Å²) in [6.45, 7) is 6.69. The van der Waals surface area contributed by atoms with Gasteiger partial charge < -0.3 is 10.1 Å². The fourth-order valence-electron chi connectivity index (χ4n) is 3.96. The van der Waals surface area contributed by atoms with E-state index >= 15 is 0 Å². The van der Waals surface area contributed by atoms with Crippen LogP contribution in [0, 0.1) is 0 Å². The van der Waals surface area contributed by atoms with Crippen LogP contribution < -0.4 is 16.8 Å². The number of rotatable bonds is 3. The molecule has 0 fully saturated rings. The molecule has 2 aliphatic rings. The molecule has 1 atom stereocenters. The summed E-state index contributed by atoms with van der Waals surface area (Å²) in [6, 6.07) is 0.0242. The van der Waals surface area contributed by atoms with E-state index in [0.717, 1.165) is 57.3 Å². The molecule has 178 valence electrons. The number of nitrogens with zero attached hydrogens (tertiary/aromatic N) is 4. The van der Waals surface area contributed by atoms with E-state index in [1.165, 1.54) is 6.42 Å². The second kappa shape index (κ2) is 10.6. The average molecular weight is 452 g/mol. The van der Waals surface area contributed by atoms with Gasteiger partial charge in [-0.25, -0.2) is 14.4 Å². The first-order valence-electron chi connectivity index (χ1n) is 11.3. The van der Waals surface area contributed by atoms with Crippen LogP contribution in [0.4, 0.5) is 4.79 Å². The highest BCUT2D eigenvalue weighted by Gasteiger charge is 2.23. The zero-order valence-electron chi connectivity index (χ0n) is 19.1. The van der Waals surface area contributed by atoms with Crippen LogP contribution >= 0.6 is 0 Å². The predicted molar refractivity (Wildman–Crippen MR) is 115 cm³/mol. The molecule has 2 aliphatic heterocycles. The van der Waals surface area contributed by atoms with Crippen molar-refractivity contribution in [3.05, 3.63) is 32.8 Å². The number of carbonyl (C=O) groups is 1. The Morgan fingerprint density at radius 3 is 2.50 bits per heavy atom. The van der Waals surface area contributed by atoms with Crippen molar-refractivity contribution in [2.45, 2.75) is 96.7 Å². The summed E-state index contributed by atoms with van der Waals surface area (Å²) in [4.78, 5) is 34.3. The van der Waals surface area contributed by atoms with E-state index < -0.39 is 17.5 Å². The molecule has 0 aliphatic carbocycles. The van der Waals surface area contributed by atoms with Crippen LogP contribution in [0.2, 0.25) is 0 Å². The summed E-state index contributed by atoms with van der Waals surface area (Å²) in [5.74, 6) is 0.809. The molecule has 0 saturated heterocycles. The molecular weight excluding hydrogens is 418 g/mol. The molecule has 0 aromatic carbocycles. The second-order valence-electron chi connectivity index (χ2n) is 9.18. The Labute approximate surface area is 186 Å². The molecule has 2 aromatic heterocycles. The summed E-state index contributed by atoms with van der Waals surface area (Å²) >= 11 is 0. The summed E-state index contributed by atoms with van der Waals surface area (Å²) in [6.07, 6.45) is 8.17. The van der Waals surface area contributed by atoms with Crippen molar-refractivity contribution in [3.63, 3.8) is 0 Å². The van der Waals surface area contributed by atoms with Crippen LogP contribution in [-0.2, 0) is 24.1 Å². The van der Waals surface area contributed by atoms with E-state index in [0.29, 0.717) is 18.8 Å². The van der Waals surface area contributed by atoms with Crippen molar-refractivity contribution in [1.29, 1.82) is 0 Å². The Hall–Kier alpha value is -2.85. The number of amides is 1. The van der Waals surface area contributed by atoms with Crippen LogP contribution in [-0.4, -0.2) is 37.7 Å². The van der Waals surface area contributed by atoms with Crippen molar-refractivity contribution in [2.75, 3.05) is 6.54 Å². The first-order chi connectivity index (χ1) is 15.2. The Morgan fingerprint density at radius 1 is 1.03 bits per heavy atom. The van der Waals surface area contributed by atoms with Gasteiger partial charge in [-0.05, 0) is 52.9 Å². The second-order valence-corrected chi connectivity index (χ2v) is 9.18. The number of carbonyl (C=O) groups excluding carboxylic acids is 1. The molecular formula is C21H33N5O6. The molecule has 2 aromatic rings. The third-order valence-electron chi connectivity index (χ3n) is 5.45. The van der Waals surface area contributed by atoms with Crippen LogP contribution in [0.15, 0.2) is 18.6 Å². The topological polar surface area (TPSA) is 134 Å². The monoisotopic (exact) mass is 451 g/mol. The van der Waals surface area contributed by atoms with Crippen molar-refractivity contribution in [1.82, 2.24) is 24.8 Å². The lowest BCUT2D eigenvalue weighted by atomic mass is 10.1. The number of ether oxygens (including phenoxy) is 1. The smallest absolute Gasteiger partial charge is 0.441 e. The van der Waals surface area contributed by atoms with Gasteiger partial charge in [-0.15, -0.1) is 0 Å². The fraction of sp³-hybridized carbons (Fsp3) is 0.762. The van der Waals surface area contributed by atoms with Gasteiger partial charge in [-0.1, -0.05) is 23.2 Å². The van der Waals surface area contributed by atoms with Crippen molar-refractivity contribution >= 4 is 6.09 Å². The number of hydrogen-bond donors (Lipinski definition) is 1. The average Bonchev–Trinajstić information content (AvgIpc) is 3.07. The quantitative estimate of drug-likeness (QED) is 0.752. The fourth-order valence-corrected chi connectivity index (χ4v) is 3.96. The number of hydrogen-bond acceptors (Lipinski definition) is 8. The maximum atomic E-state index is 11.7. The molecule has 0 saturated carbocycles. The van der Waals surface area contributed by atoms with Gasteiger partial charge in [0.15, 0.2) is 11.6 Å². The van der Waals surface area contributed by atoms with Crippen molar-refractivity contribution in [3.8, 4) is 0 Å². The maximum absolute atomic E-state index is 11.7. The van der Waals surface area contributed by atoms with E-state index in [1.54, 1.807) is 9.13 Å². The molecule has 32 heavy (non-hydrogen) atoms. The lowest BCUT2D eigenvalue weighted by Crippen LogP contribution is -2.34. The highest BCUT2D eigenvalue weighted by Crippen LogP contribution is 2.23. The lowest BCUT2D eigenvalue weighted by Gasteiger charge is -2.20. The van der Waals surface area contributed by atoms with Gasteiger partial charge in [-0.3, -0.25) is 18.2 Å². The molecule has 0 spiro atoms. The third kappa shape index (κ3) is 6.57. The molecule has 1 amide bonds. The predicted octanol–water partition coefficient (Wildman–Crippen LogP) is 2.58. The maximum Gasteiger partial charge on any atom is 0.441 e. The highest BCUT2D eigenvalue weighted by molar-refractivity contribution is 5.67. The van der Waals surface area contributed by atoms with Gasteiger partial charge in [0.05, 0.1) is 0 Å². The summed E-state index contributed by atoms with van der Waals surface area (Å²) in [5.41, 5.74) is -0.509. The zero-order valence-corrected chi connectivity index (χ0v) is 19.1. The lowest BCUT2D eigenvalue weighted by molar-refractivity contribution is 0.0525. The van der Waals surface area contributed by atoms with Crippen LogP contribution in [0.3, 0.4) is 0 Å². The minimum Gasteiger partial charge on any atom is -0.444 e. The summed E-state index contributed by atoms with van der Waals surface area (Å²) in [7, 11) is 0.